The molecular formula is C20H19N7O2. The molecule has 1 amide bonds. The molecule has 9 nitrogen and oxygen atoms in total. The number of hydrazine groups is 1. The first-order valence-corrected chi connectivity index (χ1v) is 9.37. The van der Waals surface area contributed by atoms with Crippen molar-refractivity contribution in [2.45, 2.75) is 0 Å². The topological polar surface area (TPSA) is 108 Å². The van der Waals surface area contributed by atoms with E-state index in [1.54, 1.807) is 11.1 Å². The number of hydrogen-bond donors (Lipinski definition) is 3. The fraction of sp³-hybridized carbons (Fsp3) is 0.200. The second-order valence-corrected chi connectivity index (χ2v) is 6.74. The highest BCUT2D eigenvalue weighted by atomic mass is 16.5. The molecule has 0 unspecified atom stereocenters. The first kappa shape index (κ1) is 17.4. The second-order valence-electron chi connectivity index (χ2n) is 6.74. The van der Waals surface area contributed by atoms with Gasteiger partial charge in [-0.2, -0.15) is 5.10 Å². The normalized spacial score (nSPS) is 14.3. The number of aromatic nitrogens is 4. The van der Waals surface area contributed by atoms with E-state index in [1.165, 1.54) is 0 Å². The van der Waals surface area contributed by atoms with Gasteiger partial charge in [0.2, 0.25) is 5.82 Å². The lowest BCUT2D eigenvalue weighted by atomic mass is 10.2. The van der Waals surface area contributed by atoms with Crippen LogP contribution in [0.4, 0.5) is 11.5 Å². The van der Waals surface area contributed by atoms with Crippen molar-refractivity contribution in [1.29, 1.82) is 0 Å². The third-order valence-corrected chi connectivity index (χ3v) is 4.86. The predicted octanol–water partition coefficient (Wildman–Crippen LogP) is 2.42. The zero-order valence-corrected chi connectivity index (χ0v) is 15.6. The molecule has 3 N–H and O–H groups in total. The second kappa shape index (κ2) is 7.36. The van der Waals surface area contributed by atoms with Crippen LogP contribution in [0.3, 0.4) is 0 Å². The van der Waals surface area contributed by atoms with Crippen LogP contribution in [0, 0.1) is 0 Å². The molecule has 0 aliphatic carbocycles. The minimum atomic E-state index is -0.193. The predicted molar refractivity (Wildman–Crippen MR) is 110 cm³/mol. The molecule has 3 heterocycles. The zero-order chi connectivity index (χ0) is 19.6. The van der Waals surface area contributed by atoms with Gasteiger partial charge >= 0.3 is 0 Å². The average molecular weight is 389 g/mol. The smallest absolute Gasteiger partial charge is 0.291 e. The Hall–Kier alpha value is -3.72. The molecule has 1 aliphatic heterocycles. The van der Waals surface area contributed by atoms with E-state index in [0.29, 0.717) is 37.6 Å². The highest BCUT2D eigenvalue weighted by Gasteiger charge is 2.22. The van der Waals surface area contributed by atoms with Crippen molar-refractivity contribution in [1.82, 2.24) is 25.1 Å². The van der Waals surface area contributed by atoms with E-state index in [1.807, 2.05) is 42.5 Å². The number of morpholine rings is 1. The summed E-state index contributed by atoms with van der Waals surface area (Å²) in [6.45, 7) is 2.15. The molecule has 0 atom stereocenters. The highest BCUT2D eigenvalue weighted by molar-refractivity contribution is 5.96. The van der Waals surface area contributed by atoms with Crippen molar-refractivity contribution in [2.75, 3.05) is 37.2 Å². The third kappa shape index (κ3) is 3.43. The summed E-state index contributed by atoms with van der Waals surface area (Å²) in [6.07, 6.45) is 1.76. The molecular weight excluding hydrogens is 370 g/mol. The van der Waals surface area contributed by atoms with Gasteiger partial charge in [-0.1, -0.05) is 12.1 Å². The molecule has 1 fully saturated rings. The first-order valence-electron chi connectivity index (χ1n) is 9.37. The maximum absolute atomic E-state index is 12.9. The minimum absolute atomic E-state index is 0.167. The lowest BCUT2D eigenvalue weighted by Crippen LogP contribution is -2.41. The van der Waals surface area contributed by atoms with Crippen molar-refractivity contribution in [3.63, 3.8) is 0 Å². The fourth-order valence-corrected chi connectivity index (χ4v) is 3.33. The molecule has 0 saturated carbocycles. The fourth-order valence-electron chi connectivity index (χ4n) is 3.33. The summed E-state index contributed by atoms with van der Waals surface area (Å²) in [7, 11) is 0. The Balaban J connectivity index is 1.45. The van der Waals surface area contributed by atoms with Crippen LogP contribution in [0.5, 0.6) is 0 Å². The van der Waals surface area contributed by atoms with Crippen LogP contribution in [-0.4, -0.2) is 57.3 Å². The van der Waals surface area contributed by atoms with Crippen molar-refractivity contribution < 1.29 is 9.53 Å². The number of benzene rings is 2. The Morgan fingerprint density at radius 1 is 1.07 bits per heavy atom. The van der Waals surface area contributed by atoms with E-state index in [-0.39, 0.29) is 11.7 Å². The summed E-state index contributed by atoms with van der Waals surface area (Å²) in [6, 6.07) is 13.4. The van der Waals surface area contributed by atoms with Crippen molar-refractivity contribution in [2.24, 2.45) is 0 Å². The molecule has 0 spiro atoms. The van der Waals surface area contributed by atoms with Crippen LogP contribution in [0.1, 0.15) is 10.6 Å². The maximum atomic E-state index is 12.9. The Kier molecular flexibility index (Phi) is 4.41. The molecule has 29 heavy (non-hydrogen) atoms. The van der Waals surface area contributed by atoms with Crippen molar-refractivity contribution in [3.8, 4) is 0 Å². The van der Waals surface area contributed by atoms with Gasteiger partial charge in [-0.3, -0.25) is 20.7 Å². The van der Waals surface area contributed by atoms with E-state index in [0.717, 1.165) is 22.0 Å². The molecule has 1 aliphatic rings. The average Bonchev–Trinajstić information content (AvgIpc) is 3.25. The number of nitrogens with one attached hydrogen (secondary N) is 3. The van der Waals surface area contributed by atoms with Gasteiger partial charge in [0, 0.05) is 23.9 Å². The number of para-hydroxylation sites is 1. The van der Waals surface area contributed by atoms with Crippen LogP contribution < -0.4 is 10.9 Å². The summed E-state index contributed by atoms with van der Waals surface area (Å²) in [5, 5.41) is 8.77. The Labute approximate surface area is 166 Å². The van der Waals surface area contributed by atoms with Gasteiger partial charge in [0.15, 0.2) is 5.82 Å². The minimum Gasteiger partial charge on any atom is -0.378 e. The number of anilines is 2. The van der Waals surface area contributed by atoms with Gasteiger partial charge in [-0.15, -0.1) is 0 Å². The molecule has 0 bridgehead atoms. The summed E-state index contributed by atoms with van der Waals surface area (Å²) >= 11 is 0. The van der Waals surface area contributed by atoms with Crippen LogP contribution in [0.2, 0.25) is 0 Å². The lowest BCUT2D eigenvalue weighted by molar-refractivity contribution is 0.0295. The van der Waals surface area contributed by atoms with Crippen LogP contribution in [0.15, 0.2) is 48.7 Å². The van der Waals surface area contributed by atoms with E-state index in [4.69, 9.17) is 4.74 Å². The summed E-state index contributed by atoms with van der Waals surface area (Å²) in [4.78, 5) is 23.6. The SMILES string of the molecule is O=C(c1nc(NNc2ccc3[nH]ncc3c2)c2ccccc2n1)N1CCOCC1. The molecule has 146 valence electrons. The monoisotopic (exact) mass is 389 g/mol. The largest absolute Gasteiger partial charge is 0.378 e. The Bertz CT molecular complexity index is 1180. The van der Waals surface area contributed by atoms with Gasteiger partial charge in [-0.25, -0.2) is 9.97 Å². The number of H-pyrrole nitrogens is 1. The molecule has 9 heteroatoms. The van der Waals surface area contributed by atoms with Crippen LogP contribution >= 0.6 is 0 Å². The zero-order valence-electron chi connectivity index (χ0n) is 15.6. The molecule has 2 aromatic carbocycles. The standard InChI is InChI=1S/C20H19N7O2/c28-20(27-7-9-29-10-8-27)19-22-17-4-2-1-3-15(17)18(23-19)26-24-14-5-6-16-13(11-14)12-21-25-16/h1-6,11-12,24H,7-10H2,(H,21,25)(H,22,23,26). The van der Waals surface area contributed by atoms with E-state index in [2.05, 4.69) is 31.0 Å². The van der Waals surface area contributed by atoms with E-state index in [9.17, 15) is 4.79 Å². The first-order chi connectivity index (χ1) is 14.3. The number of aromatic amines is 1. The maximum Gasteiger partial charge on any atom is 0.291 e. The van der Waals surface area contributed by atoms with Crippen molar-refractivity contribution in [3.05, 3.63) is 54.5 Å². The number of fused-ring (bicyclic) bond motifs is 2. The van der Waals surface area contributed by atoms with Gasteiger partial charge in [0.25, 0.3) is 5.91 Å². The summed E-state index contributed by atoms with van der Waals surface area (Å²) in [5.41, 5.74) is 8.80. The van der Waals surface area contributed by atoms with Crippen LogP contribution in [0.25, 0.3) is 21.8 Å². The van der Waals surface area contributed by atoms with Gasteiger partial charge < -0.3 is 9.64 Å². The van der Waals surface area contributed by atoms with Gasteiger partial charge in [0.05, 0.1) is 36.1 Å². The quantitative estimate of drug-likeness (QED) is 0.460. The molecule has 0 radical (unpaired) electrons. The number of ether oxygens (including phenoxy) is 1. The number of carbonyl (C=O) groups is 1. The van der Waals surface area contributed by atoms with E-state index >= 15 is 0 Å². The van der Waals surface area contributed by atoms with Crippen LogP contribution in [-0.2, 0) is 4.74 Å². The summed E-state index contributed by atoms with van der Waals surface area (Å²) < 4.78 is 5.33. The Morgan fingerprint density at radius 2 is 1.93 bits per heavy atom. The number of hydrogen-bond acceptors (Lipinski definition) is 7. The third-order valence-electron chi connectivity index (χ3n) is 4.86. The molecule has 1 saturated heterocycles. The van der Waals surface area contributed by atoms with E-state index < -0.39 is 0 Å². The highest BCUT2D eigenvalue weighted by Crippen LogP contribution is 2.22. The Morgan fingerprint density at radius 3 is 2.83 bits per heavy atom. The molecule has 4 aromatic rings. The number of nitrogens with zero attached hydrogens (tertiary/aromatic N) is 4. The molecule has 2 aromatic heterocycles. The number of rotatable bonds is 4. The lowest BCUT2D eigenvalue weighted by Gasteiger charge is -2.26. The summed E-state index contributed by atoms with van der Waals surface area (Å²) in [5.74, 6) is 0.515. The molecule has 5 rings (SSSR count). The van der Waals surface area contributed by atoms with Gasteiger partial charge in [-0.05, 0) is 30.3 Å². The number of carbonyl (C=O) groups excluding carboxylic acids is 1. The number of amides is 1. The van der Waals surface area contributed by atoms with Crippen molar-refractivity contribution >= 4 is 39.2 Å². The van der Waals surface area contributed by atoms with Gasteiger partial charge in [0.1, 0.15) is 0 Å².